The minimum atomic E-state index is -3.75. The zero-order valence-electron chi connectivity index (χ0n) is 27.5. The van der Waals surface area contributed by atoms with Crippen molar-refractivity contribution < 1.29 is 41.7 Å². The van der Waals surface area contributed by atoms with Crippen LogP contribution in [0, 0.1) is 12.3 Å². The van der Waals surface area contributed by atoms with E-state index in [1.54, 1.807) is 38.1 Å². The summed E-state index contributed by atoms with van der Waals surface area (Å²) in [4.78, 5) is 42.9. The molecule has 49 heavy (non-hydrogen) atoms. The Labute approximate surface area is 294 Å². The largest absolute Gasteiger partial charge is 0.480 e. The van der Waals surface area contributed by atoms with Gasteiger partial charge in [0.05, 0.1) is 27.0 Å². The maximum atomic E-state index is 12.0. The molecule has 4 rings (SSSR count). The molecular weight excluding hydrogens is 724 g/mol. The number of carboxylic acids is 1. The number of nitrogens with two attached hydrogens (primary N) is 1. The quantitative estimate of drug-likeness (QED) is 0.186. The molecule has 0 saturated heterocycles. The third kappa shape index (κ3) is 11.6. The lowest BCUT2D eigenvalue weighted by Crippen LogP contribution is -2.48. The summed E-state index contributed by atoms with van der Waals surface area (Å²) in [6, 6.07) is 8.08. The minimum Gasteiger partial charge on any atom is -0.480 e. The predicted octanol–water partition coefficient (Wildman–Crippen LogP) is 4.34. The van der Waals surface area contributed by atoms with Crippen LogP contribution in [0.2, 0.25) is 10.0 Å². The van der Waals surface area contributed by atoms with Gasteiger partial charge in [0.15, 0.2) is 7.37 Å². The molecule has 0 spiro atoms. The number of carbonyl (C=O) groups is 2. The summed E-state index contributed by atoms with van der Waals surface area (Å²) in [7, 11) is -6.85. The number of hydrogen-bond donors (Lipinski definition) is 4. The lowest BCUT2D eigenvalue weighted by atomic mass is 9.97. The average Bonchev–Trinajstić information content (AvgIpc) is 3.37. The van der Waals surface area contributed by atoms with Crippen molar-refractivity contribution in [2.24, 2.45) is 5.73 Å². The molecule has 19 heteroatoms. The first-order valence-electron chi connectivity index (χ1n) is 14.4. The van der Waals surface area contributed by atoms with Crippen LogP contribution in [0.3, 0.4) is 0 Å². The first kappa shape index (κ1) is 41.3. The molecule has 2 atom stereocenters. The molecule has 0 fully saturated rings. The van der Waals surface area contributed by atoms with Gasteiger partial charge in [0.25, 0.3) is 5.91 Å². The third-order valence-corrected chi connectivity index (χ3v) is 9.50. The fraction of sp³-hybridized carbons (Fsp3) is 0.400. The van der Waals surface area contributed by atoms with Gasteiger partial charge in [-0.1, -0.05) is 62.0 Å². The van der Waals surface area contributed by atoms with Gasteiger partial charge in [-0.25, -0.2) is 9.10 Å². The number of rotatable bonds is 8. The fourth-order valence-corrected chi connectivity index (χ4v) is 6.53. The van der Waals surface area contributed by atoms with E-state index < -0.39 is 52.7 Å². The molecule has 0 aliphatic carbocycles. The number of anilines is 1. The Hall–Kier alpha value is -3.84. The number of amides is 1. The summed E-state index contributed by atoms with van der Waals surface area (Å²) in [5.41, 5.74) is 5.71. The van der Waals surface area contributed by atoms with Gasteiger partial charge in [-0.05, 0) is 38.5 Å². The molecule has 0 radical (unpaired) electrons. The lowest BCUT2D eigenvalue weighted by molar-refractivity contribution is -0.138. The SMILES string of the molecule is C#CCOc1cc(-n2nc(C(C)(C)C)oc2=O)c(Cl)cc1Cl.CC(C)N1C(=O)c2ccccc2NS1(=O)=O.CP(=O)(O)CCC(N)C(=O)O. The van der Waals surface area contributed by atoms with Crippen LogP contribution >= 0.6 is 30.6 Å². The molecule has 0 bridgehead atoms. The van der Waals surface area contributed by atoms with Crippen LogP contribution in [0.25, 0.3) is 5.69 Å². The van der Waals surface area contributed by atoms with Crippen molar-refractivity contribution in [2.45, 2.75) is 58.5 Å². The number of benzene rings is 2. The van der Waals surface area contributed by atoms with Crippen molar-refractivity contribution in [3.8, 4) is 23.8 Å². The van der Waals surface area contributed by atoms with Crippen molar-refractivity contribution >= 4 is 58.3 Å². The van der Waals surface area contributed by atoms with E-state index in [0.717, 1.165) is 8.99 Å². The number of carboxylic acid groups (broad SMARTS) is 1. The van der Waals surface area contributed by atoms with Gasteiger partial charge in [0, 0.05) is 30.3 Å². The molecule has 2 heterocycles. The van der Waals surface area contributed by atoms with Gasteiger partial charge in [0.2, 0.25) is 5.89 Å². The first-order valence-corrected chi connectivity index (χ1v) is 18.9. The Morgan fingerprint density at radius 1 is 1.20 bits per heavy atom. The van der Waals surface area contributed by atoms with Crippen LogP contribution in [0.1, 0.15) is 57.3 Å². The molecule has 2 aromatic carbocycles. The molecule has 2 unspecified atom stereocenters. The van der Waals surface area contributed by atoms with Crippen molar-refractivity contribution in [1.29, 1.82) is 0 Å². The molecule has 268 valence electrons. The Morgan fingerprint density at radius 2 is 1.82 bits per heavy atom. The van der Waals surface area contributed by atoms with Gasteiger partial charge in [-0.15, -0.1) is 11.5 Å². The normalized spacial score (nSPS) is 15.2. The molecular formula is C30H38Cl2N5O10PS. The summed E-state index contributed by atoms with van der Waals surface area (Å²) in [6.07, 6.45) is 5.15. The zero-order valence-corrected chi connectivity index (χ0v) is 30.7. The second-order valence-corrected chi connectivity index (χ2v) is 16.8. The van der Waals surface area contributed by atoms with Crippen LogP contribution in [0.15, 0.2) is 45.6 Å². The molecule has 1 aliphatic rings. The van der Waals surface area contributed by atoms with E-state index in [9.17, 15) is 27.4 Å². The number of aromatic nitrogens is 2. The number of fused-ring (bicyclic) bond motifs is 1. The highest BCUT2D eigenvalue weighted by atomic mass is 35.5. The summed E-state index contributed by atoms with van der Waals surface area (Å²) in [6.45, 7) is 10.2. The van der Waals surface area contributed by atoms with Crippen molar-refractivity contribution in [2.75, 3.05) is 24.2 Å². The number of nitrogens with one attached hydrogen (secondary N) is 1. The maximum Gasteiger partial charge on any atom is 0.442 e. The van der Waals surface area contributed by atoms with E-state index >= 15 is 0 Å². The maximum absolute atomic E-state index is 12.0. The third-order valence-electron chi connectivity index (χ3n) is 6.23. The summed E-state index contributed by atoms with van der Waals surface area (Å²) < 4.78 is 49.0. The minimum absolute atomic E-state index is 0.0412. The van der Waals surface area contributed by atoms with Crippen molar-refractivity contribution in [1.82, 2.24) is 14.1 Å². The number of terminal acetylenes is 1. The molecule has 1 amide bonds. The van der Waals surface area contributed by atoms with E-state index in [2.05, 4.69) is 15.7 Å². The summed E-state index contributed by atoms with van der Waals surface area (Å²) >= 11 is 12.2. The molecule has 1 aliphatic heterocycles. The van der Waals surface area contributed by atoms with Crippen molar-refractivity contribution in [3.05, 3.63) is 68.4 Å². The average molecular weight is 763 g/mol. The lowest BCUT2D eigenvalue weighted by Gasteiger charge is -2.31. The number of halogens is 2. The van der Waals surface area contributed by atoms with Crippen LogP contribution in [0.5, 0.6) is 5.75 Å². The summed E-state index contributed by atoms with van der Waals surface area (Å²) in [5.74, 6) is 0.684. The highest BCUT2D eigenvalue weighted by Gasteiger charge is 2.37. The monoisotopic (exact) mass is 761 g/mol. The molecule has 15 nitrogen and oxygen atoms in total. The topological polar surface area (TPSA) is 224 Å². The van der Waals surface area contributed by atoms with Crippen molar-refractivity contribution in [3.63, 3.8) is 0 Å². The zero-order chi connectivity index (χ0) is 37.5. The fourth-order valence-electron chi connectivity index (χ4n) is 3.83. The molecule has 0 saturated carbocycles. The molecule has 1 aromatic heterocycles. The van der Waals surface area contributed by atoms with Gasteiger partial charge in [-0.2, -0.15) is 13.1 Å². The second kappa shape index (κ2) is 16.7. The first-order chi connectivity index (χ1) is 22.5. The van der Waals surface area contributed by atoms with E-state index in [1.165, 1.54) is 18.8 Å². The number of ether oxygens (including phenoxy) is 1. The second-order valence-electron chi connectivity index (χ2n) is 11.9. The molecule has 3 aromatic rings. The number of para-hydroxylation sites is 1. The van der Waals surface area contributed by atoms with Gasteiger partial charge < -0.3 is 24.9 Å². The van der Waals surface area contributed by atoms with E-state index in [-0.39, 0.29) is 29.2 Å². The van der Waals surface area contributed by atoms with Gasteiger partial charge in [-0.3, -0.25) is 18.9 Å². The van der Waals surface area contributed by atoms with Gasteiger partial charge >= 0.3 is 21.9 Å². The van der Waals surface area contributed by atoms with E-state index in [0.29, 0.717) is 28.6 Å². The van der Waals surface area contributed by atoms with Crippen LogP contribution in [-0.4, -0.2) is 75.9 Å². The number of nitrogens with zero attached hydrogens (tertiary/aromatic N) is 3. The summed E-state index contributed by atoms with van der Waals surface area (Å²) in [5, 5.41) is 13.0. The Morgan fingerprint density at radius 3 is 2.33 bits per heavy atom. The van der Waals surface area contributed by atoms with Gasteiger partial charge in [0.1, 0.15) is 18.4 Å². The van der Waals surface area contributed by atoms with E-state index in [4.69, 9.17) is 54.5 Å². The smallest absolute Gasteiger partial charge is 0.442 e. The predicted molar refractivity (Wildman–Crippen MR) is 186 cm³/mol. The number of hydrogen-bond acceptors (Lipinski definition) is 10. The van der Waals surface area contributed by atoms with Crippen LogP contribution in [-0.2, 0) is 25.0 Å². The van der Waals surface area contributed by atoms with Crippen LogP contribution in [0.4, 0.5) is 5.69 Å². The van der Waals surface area contributed by atoms with E-state index in [1.807, 2.05) is 20.8 Å². The highest BCUT2D eigenvalue weighted by molar-refractivity contribution is 7.91. The highest BCUT2D eigenvalue weighted by Crippen LogP contribution is 2.36. The Balaban J connectivity index is 0.000000272. The Kier molecular flexibility index (Phi) is 14.1. The standard InChI is InChI=1S/C15H14Cl2N2O3.C10H12N2O3S.C5H12NO4P/c1-5-6-21-12-8-11(9(16)7-10(12)17)19-14(20)22-13(18-19)15(2,3)4;1-7(2)12-10(13)8-5-3-4-6-9(8)11-16(12,14)15;1-11(9,10)3-2-4(6)5(7)8/h1,7-8H,6H2,2-4H3;3-7,11H,1-2H3;4H,2-3,6H2,1H3,(H,7,8)(H,9,10). The number of carbonyl (C=O) groups excluding carboxylic acids is 1. The Bertz CT molecular complexity index is 1930. The molecule has 5 N–H and O–H groups in total. The van der Waals surface area contributed by atoms with Crippen LogP contribution < -0.4 is 20.9 Å². The number of aliphatic carboxylic acids is 1.